The number of aryl methyl sites for hydroxylation is 1. The number of nitriles is 2. The Morgan fingerprint density at radius 1 is 1.50 bits per heavy atom. The van der Waals surface area contributed by atoms with Gasteiger partial charge in [-0.2, -0.15) is 10.5 Å². The molecule has 1 rings (SSSR count). The summed E-state index contributed by atoms with van der Waals surface area (Å²) < 4.78 is 0. The zero-order valence-corrected chi connectivity index (χ0v) is 9.94. The first-order valence-corrected chi connectivity index (χ1v) is 5.64. The number of thiophene rings is 1. The van der Waals surface area contributed by atoms with Crippen molar-refractivity contribution in [2.24, 2.45) is 0 Å². The van der Waals surface area contributed by atoms with Crippen molar-refractivity contribution in [3.05, 3.63) is 16.0 Å². The van der Waals surface area contributed by atoms with Gasteiger partial charge in [-0.05, 0) is 18.9 Å². The second-order valence-electron chi connectivity index (χ2n) is 3.19. The third kappa shape index (κ3) is 2.39. The summed E-state index contributed by atoms with van der Waals surface area (Å²) in [5.41, 5.74) is 1.50. The molecule has 0 aromatic carbocycles. The second kappa shape index (κ2) is 5.29. The number of hydrogen-bond acceptors (Lipinski definition) is 4. The standard InChI is InChI=1S/C11H11N3OS/c1-3-8-7(2)16-11(9(8)6-13)14-10(15)4-5-12/h3-4H2,1-2H3,(H,14,15). The molecule has 0 unspecified atom stereocenters. The summed E-state index contributed by atoms with van der Waals surface area (Å²) in [7, 11) is 0. The van der Waals surface area contributed by atoms with Gasteiger partial charge in [-0.3, -0.25) is 4.79 Å². The maximum absolute atomic E-state index is 11.3. The third-order valence-electron chi connectivity index (χ3n) is 2.17. The Kier molecular flexibility index (Phi) is 4.04. The van der Waals surface area contributed by atoms with Gasteiger partial charge in [-0.15, -0.1) is 11.3 Å². The Bertz CT molecular complexity index is 491. The SMILES string of the molecule is CCc1c(C)sc(NC(=O)CC#N)c1C#N. The van der Waals surface area contributed by atoms with E-state index in [1.807, 2.05) is 13.8 Å². The quantitative estimate of drug-likeness (QED) is 0.870. The molecule has 1 amide bonds. The van der Waals surface area contributed by atoms with E-state index in [0.29, 0.717) is 10.6 Å². The van der Waals surface area contributed by atoms with Gasteiger partial charge in [0.25, 0.3) is 0 Å². The zero-order chi connectivity index (χ0) is 12.1. The van der Waals surface area contributed by atoms with Crippen molar-refractivity contribution in [2.45, 2.75) is 26.7 Å². The van der Waals surface area contributed by atoms with E-state index in [2.05, 4.69) is 11.4 Å². The summed E-state index contributed by atoms with van der Waals surface area (Å²) in [6.07, 6.45) is 0.572. The number of amides is 1. The van der Waals surface area contributed by atoms with Crippen molar-refractivity contribution < 1.29 is 4.79 Å². The van der Waals surface area contributed by atoms with Crippen LogP contribution in [0.3, 0.4) is 0 Å². The molecule has 0 radical (unpaired) electrons. The van der Waals surface area contributed by atoms with Crippen molar-refractivity contribution in [3.8, 4) is 12.1 Å². The van der Waals surface area contributed by atoms with E-state index in [1.54, 1.807) is 6.07 Å². The average Bonchev–Trinajstić information content (AvgIpc) is 2.53. The molecule has 16 heavy (non-hydrogen) atoms. The van der Waals surface area contributed by atoms with Crippen molar-refractivity contribution >= 4 is 22.2 Å². The van der Waals surface area contributed by atoms with Gasteiger partial charge < -0.3 is 5.32 Å². The average molecular weight is 233 g/mol. The molecule has 5 heteroatoms. The highest BCUT2D eigenvalue weighted by Crippen LogP contribution is 2.32. The Morgan fingerprint density at radius 3 is 2.69 bits per heavy atom. The van der Waals surface area contributed by atoms with E-state index in [0.717, 1.165) is 16.9 Å². The fraction of sp³-hybridized carbons (Fsp3) is 0.364. The smallest absolute Gasteiger partial charge is 0.239 e. The molecule has 0 atom stereocenters. The van der Waals surface area contributed by atoms with Gasteiger partial charge in [0.05, 0.1) is 11.6 Å². The monoisotopic (exact) mass is 233 g/mol. The predicted molar refractivity (Wildman–Crippen MR) is 62.0 cm³/mol. The van der Waals surface area contributed by atoms with Gasteiger partial charge in [0.15, 0.2) is 0 Å². The van der Waals surface area contributed by atoms with E-state index in [-0.39, 0.29) is 12.3 Å². The van der Waals surface area contributed by atoms with Crippen molar-refractivity contribution in [3.63, 3.8) is 0 Å². The van der Waals surface area contributed by atoms with E-state index >= 15 is 0 Å². The lowest BCUT2D eigenvalue weighted by Crippen LogP contribution is -2.09. The van der Waals surface area contributed by atoms with Gasteiger partial charge in [0.2, 0.25) is 5.91 Å². The van der Waals surface area contributed by atoms with E-state index in [1.165, 1.54) is 11.3 Å². The zero-order valence-electron chi connectivity index (χ0n) is 9.13. The molecule has 0 aliphatic heterocycles. The molecule has 0 bridgehead atoms. The maximum atomic E-state index is 11.3. The van der Waals surface area contributed by atoms with Crippen molar-refractivity contribution in [1.82, 2.24) is 0 Å². The minimum atomic E-state index is -0.372. The number of anilines is 1. The minimum Gasteiger partial charge on any atom is -0.316 e. The molecule has 1 aromatic rings. The lowest BCUT2D eigenvalue weighted by Gasteiger charge is -1.99. The third-order valence-corrected chi connectivity index (χ3v) is 3.23. The van der Waals surface area contributed by atoms with Crippen LogP contribution in [0.2, 0.25) is 0 Å². The topological polar surface area (TPSA) is 76.7 Å². The fourth-order valence-corrected chi connectivity index (χ4v) is 2.56. The van der Waals surface area contributed by atoms with Gasteiger partial charge in [0, 0.05) is 4.88 Å². The fourth-order valence-electron chi connectivity index (χ4n) is 1.45. The summed E-state index contributed by atoms with van der Waals surface area (Å²) in [6, 6.07) is 3.87. The molecule has 0 aliphatic rings. The molecule has 0 saturated heterocycles. The highest BCUT2D eigenvalue weighted by Gasteiger charge is 2.15. The van der Waals surface area contributed by atoms with Crippen LogP contribution >= 0.6 is 11.3 Å². The number of rotatable bonds is 3. The summed E-state index contributed by atoms with van der Waals surface area (Å²) >= 11 is 1.38. The largest absolute Gasteiger partial charge is 0.316 e. The first-order chi connectivity index (χ1) is 7.63. The lowest BCUT2D eigenvalue weighted by molar-refractivity contribution is -0.115. The van der Waals surface area contributed by atoms with Crippen LogP contribution in [-0.4, -0.2) is 5.91 Å². The molecular formula is C11H11N3OS. The molecule has 0 aliphatic carbocycles. The number of carbonyl (C=O) groups excluding carboxylic acids is 1. The van der Waals surface area contributed by atoms with Crippen molar-refractivity contribution in [2.75, 3.05) is 5.32 Å². The summed E-state index contributed by atoms with van der Waals surface area (Å²) in [5.74, 6) is -0.372. The molecule has 4 nitrogen and oxygen atoms in total. The van der Waals surface area contributed by atoms with E-state index in [4.69, 9.17) is 10.5 Å². The Balaban J connectivity index is 3.03. The molecular weight excluding hydrogens is 222 g/mol. The van der Waals surface area contributed by atoms with E-state index in [9.17, 15) is 4.79 Å². The molecule has 1 heterocycles. The van der Waals surface area contributed by atoms with Crippen LogP contribution in [0.15, 0.2) is 0 Å². The first-order valence-electron chi connectivity index (χ1n) is 4.83. The Morgan fingerprint density at radius 2 is 2.19 bits per heavy atom. The first kappa shape index (κ1) is 12.2. The second-order valence-corrected chi connectivity index (χ2v) is 4.41. The molecule has 1 N–H and O–H groups in total. The van der Waals surface area contributed by atoms with Crippen LogP contribution in [0.1, 0.15) is 29.3 Å². The lowest BCUT2D eigenvalue weighted by atomic mass is 10.1. The van der Waals surface area contributed by atoms with Crippen LogP contribution in [0, 0.1) is 29.6 Å². The molecule has 0 spiro atoms. The maximum Gasteiger partial charge on any atom is 0.239 e. The van der Waals surface area contributed by atoms with Crippen LogP contribution in [-0.2, 0) is 11.2 Å². The minimum absolute atomic E-state index is 0.191. The summed E-state index contributed by atoms with van der Waals surface area (Å²) in [5, 5.41) is 20.5. The van der Waals surface area contributed by atoms with Crippen molar-refractivity contribution in [1.29, 1.82) is 10.5 Å². The number of nitrogens with zero attached hydrogens (tertiary/aromatic N) is 2. The molecule has 0 saturated carbocycles. The Hall–Kier alpha value is -1.85. The van der Waals surface area contributed by atoms with E-state index < -0.39 is 0 Å². The molecule has 1 aromatic heterocycles. The van der Waals surface area contributed by atoms with Crippen LogP contribution in [0.5, 0.6) is 0 Å². The van der Waals surface area contributed by atoms with Crippen LogP contribution < -0.4 is 5.32 Å². The Labute approximate surface area is 98.1 Å². The predicted octanol–water partition coefficient (Wildman–Crippen LogP) is 2.34. The van der Waals surface area contributed by atoms with Gasteiger partial charge in [-0.1, -0.05) is 6.92 Å². The highest BCUT2D eigenvalue weighted by molar-refractivity contribution is 7.16. The summed E-state index contributed by atoms with van der Waals surface area (Å²) in [6.45, 7) is 3.89. The van der Waals surface area contributed by atoms with Gasteiger partial charge in [0.1, 0.15) is 17.5 Å². The van der Waals surface area contributed by atoms with Crippen LogP contribution in [0.25, 0.3) is 0 Å². The number of carbonyl (C=O) groups is 1. The molecule has 82 valence electrons. The molecule has 0 fully saturated rings. The summed E-state index contributed by atoms with van der Waals surface area (Å²) in [4.78, 5) is 12.3. The van der Waals surface area contributed by atoms with Crippen LogP contribution in [0.4, 0.5) is 5.00 Å². The normalized spacial score (nSPS) is 9.25. The number of nitrogens with one attached hydrogen (secondary N) is 1. The van der Waals surface area contributed by atoms with Gasteiger partial charge >= 0.3 is 0 Å². The number of hydrogen-bond donors (Lipinski definition) is 1. The highest BCUT2D eigenvalue weighted by atomic mass is 32.1. The van der Waals surface area contributed by atoms with Gasteiger partial charge in [-0.25, -0.2) is 0 Å².